The van der Waals surface area contributed by atoms with Crippen LogP contribution in [0.25, 0.3) is 0 Å². The quantitative estimate of drug-likeness (QED) is 0.842. The van der Waals surface area contributed by atoms with Crippen LogP contribution in [0.15, 0.2) is 23.6 Å². The molecule has 0 aliphatic rings. The zero-order valence-corrected chi connectivity index (χ0v) is 13.9. The topological polar surface area (TPSA) is 59.4 Å². The normalized spacial score (nSPS) is 10.9. The van der Waals surface area contributed by atoms with Crippen molar-refractivity contribution >= 4 is 17.3 Å². The van der Waals surface area contributed by atoms with Crippen molar-refractivity contribution in [1.82, 2.24) is 4.98 Å². The van der Waals surface area contributed by atoms with Crippen molar-refractivity contribution in [2.45, 2.75) is 39.5 Å². The first-order valence-electron chi connectivity index (χ1n) is 7.34. The number of thiazole rings is 1. The third-order valence-corrected chi connectivity index (χ3v) is 4.34. The van der Waals surface area contributed by atoms with Crippen LogP contribution in [0.2, 0.25) is 0 Å². The number of carboxylic acid groups (broad SMARTS) is 1. The molecular weight excluding hydrogens is 298 g/mol. The Labute approximate surface area is 134 Å². The van der Waals surface area contributed by atoms with Gasteiger partial charge in [-0.1, -0.05) is 19.9 Å². The molecule has 22 heavy (non-hydrogen) atoms. The van der Waals surface area contributed by atoms with E-state index in [4.69, 9.17) is 9.84 Å². The largest absolute Gasteiger partial charge is 0.493 e. The molecule has 118 valence electrons. The molecule has 0 spiro atoms. The number of nitrogens with zero attached hydrogens (tertiary/aromatic N) is 1. The van der Waals surface area contributed by atoms with Crippen LogP contribution in [-0.4, -0.2) is 22.7 Å². The fraction of sp³-hybridized carbons (Fsp3) is 0.412. The van der Waals surface area contributed by atoms with Gasteiger partial charge < -0.3 is 9.84 Å². The van der Waals surface area contributed by atoms with Crippen molar-refractivity contribution in [1.29, 1.82) is 0 Å². The summed E-state index contributed by atoms with van der Waals surface area (Å²) in [5, 5.41) is 11.4. The maximum absolute atomic E-state index is 10.6. The van der Waals surface area contributed by atoms with Gasteiger partial charge in [-0.3, -0.25) is 4.79 Å². The summed E-state index contributed by atoms with van der Waals surface area (Å²) in [6, 6.07) is 6.18. The lowest BCUT2D eigenvalue weighted by molar-refractivity contribution is -0.136. The van der Waals surface area contributed by atoms with E-state index in [9.17, 15) is 4.79 Å². The Morgan fingerprint density at radius 1 is 1.41 bits per heavy atom. The highest BCUT2D eigenvalue weighted by Crippen LogP contribution is 2.23. The summed E-state index contributed by atoms with van der Waals surface area (Å²) < 4.78 is 5.77. The molecule has 0 saturated heterocycles. The van der Waals surface area contributed by atoms with Gasteiger partial charge in [-0.05, 0) is 36.1 Å². The van der Waals surface area contributed by atoms with E-state index in [2.05, 4.69) is 37.9 Å². The van der Waals surface area contributed by atoms with Crippen LogP contribution >= 0.6 is 11.3 Å². The maximum Gasteiger partial charge on any atom is 0.309 e. The molecular formula is C17H21NO3S. The van der Waals surface area contributed by atoms with Gasteiger partial charge in [-0.2, -0.15) is 0 Å². The van der Waals surface area contributed by atoms with E-state index in [1.54, 1.807) is 5.38 Å². The first kappa shape index (κ1) is 16.5. The minimum Gasteiger partial charge on any atom is -0.493 e. The Bertz CT molecular complexity index is 649. The number of hydrogen-bond donors (Lipinski definition) is 1. The SMILES string of the molecule is Cc1cc(OCCc2nc(CC(=O)O)cs2)ccc1C(C)C. The molecule has 0 saturated carbocycles. The number of benzene rings is 1. The van der Waals surface area contributed by atoms with Gasteiger partial charge in [0.15, 0.2) is 0 Å². The fourth-order valence-electron chi connectivity index (χ4n) is 2.34. The van der Waals surface area contributed by atoms with Gasteiger partial charge in [0.1, 0.15) is 5.75 Å². The summed E-state index contributed by atoms with van der Waals surface area (Å²) in [4.78, 5) is 14.9. The minimum atomic E-state index is -0.853. The van der Waals surface area contributed by atoms with Gasteiger partial charge in [0, 0.05) is 11.8 Å². The molecule has 2 aromatic rings. The Morgan fingerprint density at radius 2 is 2.18 bits per heavy atom. The van der Waals surface area contributed by atoms with Crippen molar-refractivity contribution in [3.8, 4) is 5.75 Å². The average molecular weight is 319 g/mol. The molecule has 1 aromatic carbocycles. The standard InChI is InChI=1S/C17H21NO3S/c1-11(2)15-5-4-14(8-12(15)3)21-7-6-16-18-13(10-22-16)9-17(19)20/h4-5,8,10-11H,6-7,9H2,1-3H3,(H,19,20). The number of aryl methyl sites for hydroxylation is 1. The van der Waals surface area contributed by atoms with Crippen LogP contribution in [-0.2, 0) is 17.6 Å². The summed E-state index contributed by atoms with van der Waals surface area (Å²) >= 11 is 1.48. The van der Waals surface area contributed by atoms with Crippen LogP contribution in [0.4, 0.5) is 0 Å². The number of carboxylic acids is 1. The van der Waals surface area contributed by atoms with Crippen LogP contribution in [0, 0.1) is 6.92 Å². The number of ether oxygens (including phenoxy) is 1. The molecule has 2 rings (SSSR count). The van der Waals surface area contributed by atoms with Crippen LogP contribution in [0.5, 0.6) is 5.75 Å². The first-order chi connectivity index (χ1) is 10.5. The molecule has 1 aromatic heterocycles. The van der Waals surface area contributed by atoms with E-state index in [1.807, 2.05) is 6.07 Å². The van der Waals surface area contributed by atoms with E-state index in [0.29, 0.717) is 24.6 Å². The number of aliphatic carboxylic acids is 1. The van der Waals surface area contributed by atoms with Gasteiger partial charge in [0.2, 0.25) is 0 Å². The molecule has 0 radical (unpaired) electrons. The van der Waals surface area contributed by atoms with Gasteiger partial charge in [-0.25, -0.2) is 4.98 Å². The summed E-state index contributed by atoms with van der Waals surface area (Å²) in [5.74, 6) is 0.523. The summed E-state index contributed by atoms with van der Waals surface area (Å²) in [5.41, 5.74) is 3.20. The number of rotatable bonds is 7. The second-order valence-corrected chi connectivity index (χ2v) is 6.52. The van der Waals surface area contributed by atoms with E-state index in [-0.39, 0.29) is 6.42 Å². The monoisotopic (exact) mass is 319 g/mol. The zero-order valence-electron chi connectivity index (χ0n) is 13.1. The van der Waals surface area contributed by atoms with Gasteiger partial charge in [-0.15, -0.1) is 11.3 Å². The highest BCUT2D eigenvalue weighted by Gasteiger charge is 2.07. The average Bonchev–Trinajstić information content (AvgIpc) is 2.85. The summed E-state index contributed by atoms with van der Waals surface area (Å²) in [6.07, 6.45) is 0.669. The third-order valence-electron chi connectivity index (χ3n) is 3.38. The number of aromatic nitrogens is 1. The lowest BCUT2D eigenvalue weighted by Gasteiger charge is -2.12. The fourth-order valence-corrected chi connectivity index (χ4v) is 3.12. The Morgan fingerprint density at radius 3 is 2.82 bits per heavy atom. The molecule has 0 bridgehead atoms. The molecule has 0 atom stereocenters. The van der Waals surface area contributed by atoms with Crippen molar-refractivity contribution < 1.29 is 14.6 Å². The van der Waals surface area contributed by atoms with Crippen molar-refractivity contribution in [2.75, 3.05) is 6.61 Å². The van der Waals surface area contributed by atoms with Crippen molar-refractivity contribution in [3.63, 3.8) is 0 Å². The Balaban J connectivity index is 1.87. The van der Waals surface area contributed by atoms with Crippen LogP contribution < -0.4 is 4.74 Å². The van der Waals surface area contributed by atoms with Crippen molar-refractivity contribution in [2.24, 2.45) is 0 Å². The van der Waals surface area contributed by atoms with E-state index in [1.165, 1.54) is 22.5 Å². The van der Waals surface area contributed by atoms with E-state index >= 15 is 0 Å². The summed E-state index contributed by atoms with van der Waals surface area (Å²) in [7, 11) is 0. The number of carbonyl (C=O) groups is 1. The number of hydrogen-bond acceptors (Lipinski definition) is 4. The highest BCUT2D eigenvalue weighted by molar-refractivity contribution is 7.09. The van der Waals surface area contributed by atoms with Gasteiger partial charge >= 0.3 is 5.97 Å². The lowest BCUT2D eigenvalue weighted by atomic mass is 9.98. The van der Waals surface area contributed by atoms with Crippen LogP contribution in [0.1, 0.15) is 41.6 Å². The smallest absolute Gasteiger partial charge is 0.309 e. The summed E-state index contributed by atoms with van der Waals surface area (Å²) in [6.45, 7) is 7.00. The first-order valence-corrected chi connectivity index (χ1v) is 8.22. The third kappa shape index (κ3) is 4.56. The molecule has 0 aliphatic carbocycles. The predicted octanol–water partition coefficient (Wildman–Crippen LogP) is 3.82. The Hall–Kier alpha value is -1.88. The predicted molar refractivity (Wildman–Crippen MR) is 87.9 cm³/mol. The van der Waals surface area contributed by atoms with Gasteiger partial charge in [0.25, 0.3) is 0 Å². The molecule has 0 aliphatic heterocycles. The molecule has 0 unspecified atom stereocenters. The Kier molecular flexibility index (Phi) is 5.55. The minimum absolute atomic E-state index is 0.0206. The molecule has 0 amide bonds. The molecule has 4 nitrogen and oxygen atoms in total. The molecule has 0 fully saturated rings. The zero-order chi connectivity index (χ0) is 16.1. The highest BCUT2D eigenvalue weighted by atomic mass is 32.1. The maximum atomic E-state index is 10.6. The second kappa shape index (κ2) is 7.40. The van der Waals surface area contributed by atoms with E-state index in [0.717, 1.165) is 10.8 Å². The van der Waals surface area contributed by atoms with Crippen LogP contribution in [0.3, 0.4) is 0 Å². The van der Waals surface area contributed by atoms with Gasteiger partial charge in [0.05, 0.1) is 23.7 Å². The van der Waals surface area contributed by atoms with E-state index < -0.39 is 5.97 Å². The molecule has 5 heteroatoms. The lowest BCUT2D eigenvalue weighted by Crippen LogP contribution is -2.03. The molecule has 1 heterocycles. The molecule has 1 N–H and O–H groups in total. The van der Waals surface area contributed by atoms with Crippen molar-refractivity contribution in [3.05, 3.63) is 45.4 Å². The second-order valence-electron chi connectivity index (χ2n) is 5.57.